The van der Waals surface area contributed by atoms with Crippen molar-refractivity contribution in [1.29, 1.82) is 0 Å². The molecule has 54 valence electrons. The summed E-state index contributed by atoms with van der Waals surface area (Å²) >= 11 is 1.66. The van der Waals surface area contributed by atoms with Gasteiger partial charge in [-0.05, 0) is 18.4 Å². The van der Waals surface area contributed by atoms with Crippen LogP contribution >= 0.6 is 11.3 Å². The highest BCUT2D eigenvalue weighted by Gasteiger charge is 1.97. The molecule has 0 N–H and O–H groups in total. The van der Waals surface area contributed by atoms with E-state index in [2.05, 4.69) is 4.74 Å². The van der Waals surface area contributed by atoms with Crippen molar-refractivity contribution in [3.8, 4) is 0 Å². The smallest absolute Gasteiger partial charge is 0.293 e. The number of carbonyl (C=O) groups excluding carboxylic acids is 1. The van der Waals surface area contributed by atoms with Crippen LogP contribution in [0.25, 0.3) is 0 Å². The molecule has 0 aliphatic heterocycles. The zero-order valence-electron chi connectivity index (χ0n) is 5.66. The van der Waals surface area contributed by atoms with Crippen molar-refractivity contribution in [3.05, 3.63) is 21.9 Å². The topological polar surface area (TPSA) is 26.3 Å². The lowest BCUT2D eigenvalue weighted by Crippen LogP contribution is -1.88. The van der Waals surface area contributed by atoms with Crippen LogP contribution < -0.4 is 0 Å². The molecule has 1 aromatic heterocycles. The average Bonchev–Trinajstić information content (AvgIpc) is 2.31. The third kappa shape index (κ3) is 1.57. The first kappa shape index (κ1) is 7.28. The summed E-state index contributed by atoms with van der Waals surface area (Å²) in [6, 6.07) is 1.96. The zero-order valence-corrected chi connectivity index (χ0v) is 6.48. The van der Waals surface area contributed by atoms with E-state index < -0.39 is 0 Å². The summed E-state index contributed by atoms with van der Waals surface area (Å²) in [5.74, 6) is 0. The Bertz CT molecular complexity index is 217. The molecule has 2 nitrogen and oxygen atoms in total. The van der Waals surface area contributed by atoms with Crippen LogP contribution in [-0.2, 0) is 16.1 Å². The average molecular weight is 156 g/mol. The van der Waals surface area contributed by atoms with E-state index in [9.17, 15) is 4.79 Å². The van der Waals surface area contributed by atoms with E-state index in [0.717, 1.165) is 5.56 Å². The molecule has 0 spiro atoms. The monoisotopic (exact) mass is 156 g/mol. The summed E-state index contributed by atoms with van der Waals surface area (Å²) in [6.07, 6.45) is 0. The minimum Gasteiger partial charge on any atom is -0.463 e. The first-order valence-electron chi connectivity index (χ1n) is 2.93. The van der Waals surface area contributed by atoms with Crippen LogP contribution in [0.2, 0.25) is 0 Å². The minimum absolute atomic E-state index is 0.402. The molecular weight excluding hydrogens is 148 g/mol. The third-order valence-corrected chi connectivity index (χ3v) is 2.16. The Morgan fingerprint density at radius 1 is 1.80 bits per heavy atom. The van der Waals surface area contributed by atoms with Crippen LogP contribution in [0.15, 0.2) is 11.4 Å². The van der Waals surface area contributed by atoms with Crippen LogP contribution in [0.4, 0.5) is 0 Å². The summed E-state index contributed by atoms with van der Waals surface area (Å²) in [7, 11) is 0. The molecule has 0 amide bonds. The standard InChI is InChI=1S/C7H8O2S/c1-6-7(2-3-10-6)4-9-5-8/h2-3,5H,4H2,1H3. The van der Waals surface area contributed by atoms with Gasteiger partial charge in [-0.25, -0.2) is 0 Å². The molecule has 1 rings (SSSR count). The Hall–Kier alpha value is -0.830. The number of carbonyl (C=O) groups is 1. The fourth-order valence-electron chi connectivity index (χ4n) is 0.685. The molecular formula is C7H8O2S. The van der Waals surface area contributed by atoms with Gasteiger partial charge < -0.3 is 4.74 Å². The third-order valence-electron chi connectivity index (χ3n) is 1.27. The van der Waals surface area contributed by atoms with Gasteiger partial charge in [0.05, 0.1) is 0 Å². The molecule has 0 unspecified atom stereocenters. The predicted molar refractivity (Wildman–Crippen MR) is 39.9 cm³/mol. The van der Waals surface area contributed by atoms with E-state index in [4.69, 9.17) is 0 Å². The number of hydrogen-bond acceptors (Lipinski definition) is 3. The predicted octanol–water partition coefficient (Wildman–Crippen LogP) is 1.73. The molecule has 0 bridgehead atoms. The second-order valence-corrected chi connectivity index (χ2v) is 3.03. The van der Waals surface area contributed by atoms with E-state index in [1.165, 1.54) is 4.88 Å². The SMILES string of the molecule is Cc1sccc1COC=O. The second-order valence-electron chi connectivity index (χ2n) is 1.91. The van der Waals surface area contributed by atoms with E-state index in [0.29, 0.717) is 13.1 Å². The van der Waals surface area contributed by atoms with Crippen molar-refractivity contribution >= 4 is 17.8 Å². The van der Waals surface area contributed by atoms with Gasteiger partial charge in [-0.2, -0.15) is 0 Å². The van der Waals surface area contributed by atoms with Gasteiger partial charge in [0, 0.05) is 10.4 Å². The van der Waals surface area contributed by atoms with Gasteiger partial charge in [-0.3, -0.25) is 4.79 Å². The van der Waals surface area contributed by atoms with E-state index in [1.807, 2.05) is 18.4 Å². The van der Waals surface area contributed by atoms with Crippen LogP contribution in [0.1, 0.15) is 10.4 Å². The van der Waals surface area contributed by atoms with Crippen LogP contribution in [0.3, 0.4) is 0 Å². The van der Waals surface area contributed by atoms with E-state index >= 15 is 0 Å². The first-order chi connectivity index (χ1) is 4.84. The maximum Gasteiger partial charge on any atom is 0.293 e. The van der Waals surface area contributed by atoms with Gasteiger partial charge in [-0.15, -0.1) is 11.3 Å². The molecule has 1 heterocycles. The quantitative estimate of drug-likeness (QED) is 0.623. The van der Waals surface area contributed by atoms with Gasteiger partial charge in [-0.1, -0.05) is 0 Å². The maximum absolute atomic E-state index is 9.79. The van der Waals surface area contributed by atoms with E-state index in [1.54, 1.807) is 11.3 Å². The fourth-order valence-corrected chi connectivity index (χ4v) is 1.40. The Labute approximate surface area is 63.4 Å². The fraction of sp³-hybridized carbons (Fsp3) is 0.286. The van der Waals surface area contributed by atoms with Crippen LogP contribution in [0.5, 0.6) is 0 Å². The van der Waals surface area contributed by atoms with Gasteiger partial charge in [0.2, 0.25) is 0 Å². The Kier molecular flexibility index (Phi) is 2.45. The maximum atomic E-state index is 9.79. The minimum atomic E-state index is 0.402. The molecule has 0 atom stereocenters. The number of rotatable bonds is 3. The number of ether oxygens (including phenoxy) is 1. The normalized spacial score (nSPS) is 9.30. The highest BCUT2D eigenvalue weighted by Crippen LogP contribution is 2.15. The highest BCUT2D eigenvalue weighted by atomic mass is 32.1. The molecule has 1 aromatic rings. The molecule has 0 saturated heterocycles. The first-order valence-corrected chi connectivity index (χ1v) is 3.81. The molecule has 0 aromatic carbocycles. The van der Waals surface area contributed by atoms with E-state index in [-0.39, 0.29) is 0 Å². The Balaban J connectivity index is 2.56. The van der Waals surface area contributed by atoms with Crippen molar-refractivity contribution in [2.45, 2.75) is 13.5 Å². The summed E-state index contributed by atoms with van der Waals surface area (Å²) in [5.41, 5.74) is 1.09. The molecule has 0 saturated carbocycles. The summed E-state index contributed by atoms with van der Waals surface area (Å²) < 4.78 is 4.58. The number of thiophene rings is 1. The Morgan fingerprint density at radius 3 is 3.10 bits per heavy atom. The number of aryl methyl sites for hydroxylation is 1. The highest BCUT2D eigenvalue weighted by molar-refractivity contribution is 7.10. The van der Waals surface area contributed by atoms with Crippen LogP contribution in [-0.4, -0.2) is 6.47 Å². The van der Waals surface area contributed by atoms with Gasteiger partial charge >= 0.3 is 0 Å². The summed E-state index contributed by atoms with van der Waals surface area (Å²) in [6.45, 7) is 2.88. The zero-order chi connectivity index (χ0) is 7.40. The summed E-state index contributed by atoms with van der Waals surface area (Å²) in [4.78, 5) is 11.0. The van der Waals surface area contributed by atoms with Gasteiger partial charge in [0.15, 0.2) is 0 Å². The Morgan fingerprint density at radius 2 is 2.60 bits per heavy atom. The van der Waals surface area contributed by atoms with Crippen molar-refractivity contribution in [2.75, 3.05) is 0 Å². The molecule has 3 heteroatoms. The lowest BCUT2D eigenvalue weighted by molar-refractivity contribution is -0.129. The van der Waals surface area contributed by atoms with Crippen molar-refractivity contribution in [1.82, 2.24) is 0 Å². The second kappa shape index (κ2) is 3.37. The molecule has 0 aliphatic rings. The van der Waals surface area contributed by atoms with Crippen molar-refractivity contribution in [3.63, 3.8) is 0 Å². The van der Waals surface area contributed by atoms with Crippen LogP contribution in [0, 0.1) is 6.92 Å². The van der Waals surface area contributed by atoms with Gasteiger partial charge in [0.1, 0.15) is 6.61 Å². The summed E-state index contributed by atoms with van der Waals surface area (Å²) in [5, 5.41) is 1.98. The molecule has 10 heavy (non-hydrogen) atoms. The lowest BCUT2D eigenvalue weighted by atomic mass is 10.3. The number of hydrogen-bond donors (Lipinski definition) is 0. The van der Waals surface area contributed by atoms with Crippen molar-refractivity contribution in [2.24, 2.45) is 0 Å². The lowest BCUT2D eigenvalue weighted by Gasteiger charge is -1.95. The van der Waals surface area contributed by atoms with Crippen molar-refractivity contribution < 1.29 is 9.53 Å². The van der Waals surface area contributed by atoms with Gasteiger partial charge in [0.25, 0.3) is 6.47 Å². The molecule has 0 radical (unpaired) electrons. The largest absolute Gasteiger partial charge is 0.463 e. The molecule has 0 fully saturated rings. The molecule has 0 aliphatic carbocycles.